The molecule has 1 amide bonds. The lowest BCUT2D eigenvalue weighted by molar-refractivity contribution is -0.111. The fourth-order valence-corrected chi connectivity index (χ4v) is 3.30. The lowest BCUT2D eigenvalue weighted by Crippen LogP contribution is -2.12. The zero-order valence-corrected chi connectivity index (χ0v) is 16.4. The van der Waals surface area contributed by atoms with Gasteiger partial charge in [0.1, 0.15) is 5.82 Å². The maximum atomic E-state index is 12.4. The fraction of sp³-hybridized carbons (Fsp3) is 0.300. The maximum Gasteiger partial charge on any atom is 0.340 e. The van der Waals surface area contributed by atoms with Gasteiger partial charge in [-0.3, -0.25) is 4.79 Å². The minimum Gasteiger partial charge on any atom is -0.462 e. The predicted octanol–water partition coefficient (Wildman–Crippen LogP) is 3.00. The third kappa shape index (κ3) is 3.53. The van der Waals surface area contributed by atoms with E-state index >= 15 is 0 Å². The van der Waals surface area contributed by atoms with Crippen molar-refractivity contribution in [2.45, 2.75) is 34.2 Å². The van der Waals surface area contributed by atoms with E-state index in [1.165, 1.54) is 6.08 Å². The van der Waals surface area contributed by atoms with Crippen LogP contribution in [0.5, 0.6) is 0 Å². The molecule has 3 aromatic rings. The standard InChI is InChI=1S/C20H23N5O3/c1-5-24-13(3)15(19(14(24)4)20(27)28-6-2)7-8-18(26)23-17-9-11-21-16-10-12-22-25(16)17/h7-12H,5-6H2,1-4H3,(H,23,26)/b8-7+. The molecule has 0 fully saturated rings. The number of aromatic nitrogens is 4. The van der Waals surface area contributed by atoms with Crippen LogP contribution in [-0.2, 0) is 16.1 Å². The van der Waals surface area contributed by atoms with Gasteiger partial charge in [0, 0.05) is 41.8 Å². The molecule has 146 valence electrons. The number of ether oxygens (including phenoxy) is 1. The summed E-state index contributed by atoms with van der Waals surface area (Å²) in [4.78, 5) is 29.0. The normalized spacial score (nSPS) is 11.3. The van der Waals surface area contributed by atoms with Gasteiger partial charge in [-0.05, 0) is 39.8 Å². The SMILES string of the molecule is CCOC(=O)c1c(/C=C/C(=O)Nc2ccnc3ccnn23)c(C)n(CC)c1C. The molecule has 1 N–H and O–H groups in total. The van der Waals surface area contributed by atoms with Crippen LogP contribution >= 0.6 is 0 Å². The number of anilines is 1. The summed E-state index contributed by atoms with van der Waals surface area (Å²) in [5.41, 5.74) is 3.55. The van der Waals surface area contributed by atoms with Gasteiger partial charge in [-0.15, -0.1) is 0 Å². The molecule has 3 rings (SSSR count). The largest absolute Gasteiger partial charge is 0.462 e. The Morgan fingerprint density at radius 1 is 1.18 bits per heavy atom. The van der Waals surface area contributed by atoms with Crippen molar-refractivity contribution in [3.63, 3.8) is 0 Å². The Kier molecular flexibility index (Phi) is 5.58. The molecule has 0 saturated carbocycles. The van der Waals surface area contributed by atoms with Crippen LogP contribution in [0.3, 0.4) is 0 Å². The van der Waals surface area contributed by atoms with Crippen molar-refractivity contribution in [2.75, 3.05) is 11.9 Å². The second-order valence-electron chi connectivity index (χ2n) is 6.18. The number of nitrogens with zero attached hydrogens (tertiary/aromatic N) is 4. The van der Waals surface area contributed by atoms with Crippen LogP contribution in [0.2, 0.25) is 0 Å². The van der Waals surface area contributed by atoms with Crippen LogP contribution < -0.4 is 5.32 Å². The first kappa shape index (κ1) is 19.3. The second kappa shape index (κ2) is 8.08. The topological polar surface area (TPSA) is 90.5 Å². The number of amides is 1. The molecule has 28 heavy (non-hydrogen) atoms. The molecule has 0 unspecified atom stereocenters. The first-order valence-corrected chi connectivity index (χ1v) is 9.12. The molecule has 0 bridgehead atoms. The number of hydrogen-bond acceptors (Lipinski definition) is 5. The fourth-order valence-electron chi connectivity index (χ4n) is 3.30. The molecule has 0 saturated heterocycles. The number of nitrogens with one attached hydrogen (secondary N) is 1. The lowest BCUT2D eigenvalue weighted by Gasteiger charge is -2.05. The van der Waals surface area contributed by atoms with E-state index in [1.54, 1.807) is 42.0 Å². The van der Waals surface area contributed by atoms with Gasteiger partial charge in [-0.25, -0.2) is 9.78 Å². The summed E-state index contributed by atoms with van der Waals surface area (Å²) in [6.07, 6.45) is 6.26. The van der Waals surface area contributed by atoms with Crippen molar-refractivity contribution in [3.8, 4) is 0 Å². The van der Waals surface area contributed by atoms with E-state index in [0.717, 1.165) is 17.9 Å². The Morgan fingerprint density at radius 2 is 1.96 bits per heavy atom. The summed E-state index contributed by atoms with van der Waals surface area (Å²) < 4.78 is 8.77. The summed E-state index contributed by atoms with van der Waals surface area (Å²) in [5.74, 6) is -0.212. The Bertz CT molecular complexity index is 1060. The summed E-state index contributed by atoms with van der Waals surface area (Å²) in [5, 5.41) is 6.92. The van der Waals surface area contributed by atoms with Gasteiger partial charge in [0.25, 0.3) is 0 Å². The monoisotopic (exact) mass is 381 g/mol. The van der Waals surface area contributed by atoms with Crippen LogP contribution in [-0.4, -0.2) is 37.6 Å². The minimum absolute atomic E-state index is 0.292. The summed E-state index contributed by atoms with van der Waals surface area (Å²) >= 11 is 0. The Morgan fingerprint density at radius 3 is 2.68 bits per heavy atom. The number of rotatable bonds is 6. The van der Waals surface area contributed by atoms with Gasteiger partial charge in [-0.2, -0.15) is 9.61 Å². The lowest BCUT2D eigenvalue weighted by atomic mass is 10.1. The quantitative estimate of drug-likeness (QED) is 0.524. The summed E-state index contributed by atoms with van der Waals surface area (Å²) in [6, 6.07) is 3.41. The van der Waals surface area contributed by atoms with E-state index in [2.05, 4.69) is 15.4 Å². The van der Waals surface area contributed by atoms with Crippen molar-refractivity contribution in [3.05, 3.63) is 53.1 Å². The average molecular weight is 381 g/mol. The first-order chi connectivity index (χ1) is 13.5. The van der Waals surface area contributed by atoms with E-state index in [-0.39, 0.29) is 11.9 Å². The summed E-state index contributed by atoms with van der Waals surface area (Å²) in [7, 11) is 0. The summed E-state index contributed by atoms with van der Waals surface area (Å²) in [6.45, 7) is 8.59. The third-order valence-electron chi connectivity index (χ3n) is 4.57. The van der Waals surface area contributed by atoms with Crippen LogP contribution in [0.4, 0.5) is 5.82 Å². The van der Waals surface area contributed by atoms with Crippen LogP contribution in [0.15, 0.2) is 30.6 Å². The molecule has 0 aliphatic carbocycles. The molecule has 8 heteroatoms. The third-order valence-corrected chi connectivity index (χ3v) is 4.57. The Balaban J connectivity index is 1.90. The van der Waals surface area contributed by atoms with Gasteiger partial charge in [0.2, 0.25) is 5.91 Å². The van der Waals surface area contributed by atoms with Gasteiger partial charge in [0.05, 0.1) is 18.4 Å². The highest BCUT2D eigenvalue weighted by Gasteiger charge is 2.22. The first-order valence-electron chi connectivity index (χ1n) is 9.12. The number of carbonyl (C=O) groups is 2. The van der Waals surface area contributed by atoms with Crippen molar-refractivity contribution < 1.29 is 14.3 Å². The highest BCUT2D eigenvalue weighted by Crippen LogP contribution is 2.25. The number of hydrogen-bond donors (Lipinski definition) is 1. The highest BCUT2D eigenvalue weighted by atomic mass is 16.5. The number of carbonyl (C=O) groups excluding carboxylic acids is 2. The molecule has 0 aromatic carbocycles. The van der Waals surface area contributed by atoms with E-state index < -0.39 is 0 Å². The zero-order chi connectivity index (χ0) is 20.3. The van der Waals surface area contributed by atoms with Crippen molar-refractivity contribution >= 4 is 29.4 Å². The molecular formula is C20H23N5O3. The number of esters is 1. The van der Waals surface area contributed by atoms with Crippen molar-refractivity contribution in [2.24, 2.45) is 0 Å². The average Bonchev–Trinajstić information content (AvgIpc) is 3.23. The maximum absolute atomic E-state index is 12.4. The van der Waals surface area contributed by atoms with E-state index in [0.29, 0.717) is 29.2 Å². The van der Waals surface area contributed by atoms with E-state index in [4.69, 9.17) is 4.74 Å². The Labute approximate surface area is 162 Å². The second-order valence-corrected chi connectivity index (χ2v) is 6.18. The smallest absolute Gasteiger partial charge is 0.340 e. The predicted molar refractivity (Wildman–Crippen MR) is 106 cm³/mol. The molecule has 0 aliphatic heterocycles. The van der Waals surface area contributed by atoms with Gasteiger partial charge < -0.3 is 14.6 Å². The molecule has 0 spiro atoms. The molecule has 0 aliphatic rings. The molecular weight excluding hydrogens is 358 g/mol. The van der Waals surface area contributed by atoms with E-state index in [1.807, 2.05) is 25.3 Å². The van der Waals surface area contributed by atoms with Crippen LogP contribution in [0.25, 0.3) is 11.7 Å². The van der Waals surface area contributed by atoms with Gasteiger partial charge in [0.15, 0.2) is 5.65 Å². The Hall–Kier alpha value is -3.42. The molecule has 8 nitrogen and oxygen atoms in total. The molecule has 0 radical (unpaired) electrons. The highest BCUT2D eigenvalue weighted by molar-refractivity contribution is 6.03. The molecule has 3 aromatic heterocycles. The van der Waals surface area contributed by atoms with Gasteiger partial charge >= 0.3 is 5.97 Å². The van der Waals surface area contributed by atoms with Crippen LogP contribution in [0.1, 0.15) is 41.2 Å². The zero-order valence-electron chi connectivity index (χ0n) is 16.4. The number of fused-ring (bicyclic) bond motifs is 1. The molecule has 0 atom stereocenters. The van der Waals surface area contributed by atoms with E-state index in [9.17, 15) is 9.59 Å². The minimum atomic E-state index is -0.386. The van der Waals surface area contributed by atoms with Crippen molar-refractivity contribution in [1.82, 2.24) is 19.2 Å². The molecule has 3 heterocycles. The van der Waals surface area contributed by atoms with Crippen molar-refractivity contribution in [1.29, 1.82) is 0 Å². The van der Waals surface area contributed by atoms with Gasteiger partial charge in [-0.1, -0.05) is 0 Å². The van der Waals surface area contributed by atoms with Crippen LogP contribution in [0, 0.1) is 13.8 Å².